The van der Waals surface area contributed by atoms with Gasteiger partial charge >= 0.3 is 0 Å². The van der Waals surface area contributed by atoms with E-state index < -0.39 is 0 Å². The second-order valence-corrected chi connectivity index (χ2v) is 15.8. The molecule has 276 valence electrons. The zero-order valence-electron chi connectivity index (χ0n) is 28.4. The van der Waals surface area contributed by atoms with Crippen molar-refractivity contribution in [3.8, 4) is 23.0 Å². The molecule has 0 bridgehead atoms. The third-order valence-corrected chi connectivity index (χ3v) is 10.3. The number of rotatable bonds is 11. The fourth-order valence-electron chi connectivity index (χ4n) is 5.34. The summed E-state index contributed by atoms with van der Waals surface area (Å²) in [6, 6.07) is 25.5. The summed E-state index contributed by atoms with van der Waals surface area (Å²) in [7, 11) is 0. The van der Waals surface area contributed by atoms with E-state index in [4.69, 9.17) is 88.6 Å². The summed E-state index contributed by atoms with van der Waals surface area (Å²) in [5, 5.41) is 7.64. The number of hydrogen-bond acceptors (Lipinski definition) is 6. The SMILES string of the molecule is CC1(Oc2ccc(Cl)cc2)CCN(CCOc2ccc(Cl)c(Cl)c2)C1.CC1(Oc2ccc(Cl)cc2)CCNC1.Clc1ccc(OCCBr)cc1Cl. The molecule has 4 aromatic rings. The Balaban J connectivity index is 0.000000189. The molecule has 0 spiro atoms. The number of alkyl halides is 1. The quantitative estimate of drug-likeness (QED) is 0.152. The van der Waals surface area contributed by atoms with Crippen LogP contribution < -0.4 is 24.3 Å². The predicted octanol–water partition coefficient (Wildman–Crippen LogP) is 11.8. The summed E-state index contributed by atoms with van der Waals surface area (Å²) in [6.45, 7) is 10.1. The van der Waals surface area contributed by atoms with E-state index in [9.17, 15) is 0 Å². The van der Waals surface area contributed by atoms with Crippen molar-refractivity contribution in [2.24, 2.45) is 0 Å². The molecule has 0 radical (unpaired) electrons. The minimum Gasteiger partial charge on any atom is -0.493 e. The summed E-state index contributed by atoms with van der Waals surface area (Å²) in [5.41, 5.74) is -0.259. The van der Waals surface area contributed by atoms with E-state index >= 15 is 0 Å². The first-order valence-corrected chi connectivity index (χ1v) is 19.8. The van der Waals surface area contributed by atoms with Crippen LogP contribution in [0.3, 0.4) is 0 Å². The smallest absolute Gasteiger partial charge is 0.120 e. The lowest BCUT2D eigenvalue weighted by molar-refractivity contribution is 0.0935. The van der Waals surface area contributed by atoms with E-state index in [1.807, 2.05) is 54.6 Å². The number of ether oxygens (including phenoxy) is 4. The van der Waals surface area contributed by atoms with Gasteiger partial charge in [-0.05, 0) is 93.2 Å². The third-order valence-electron chi connectivity index (χ3n) is 8.00. The highest BCUT2D eigenvalue weighted by atomic mass is 79.9. The van der Waals surface area contributed by atoms with Crippen LogP contribution in [0.2, 0.25) is 30.1 Å². The first kappa shape index (κ1) is 42.0. The van der Waals surface area contributed by atoms with Crippen molar-refractivity contribution >= 4 is 85.5 Å². The van der Waals surface area contributed by atoms with E-state index in [2.05, 4.69) is 40.0 Å². The number of benzene rings is 4. The van der Waals surface area contributed by atoms with Crippen molar-refractivity contribution in [1.29, 1.82) is 0 Å². The number of nitrogens with zero attached hydrogens (tertiary/aromatic N) is 1. The van der Waals surface area contributed by atoms with Crippen LogP contribution in [0.5, 0.6) is 23.0 Å². The van der Waals surface area contributed by atoms with E-state index in [0.717, 1.165) is 78.9 Å². The fraction of sp³-hybridized carbons (Fsp3) is 0.368. The highest BCUT2D eigenvalue weighted by molar-refractivity contribution is 9.09. The standard InChI is InChI=1S/C19H20Cl3NO2.C11H14ClNO.C8H7BrCl2O/c1-19(25-15-4-2-14(20)3-5-15)8-9-23(13-19)10-11-24-16-6-7-17(21)18(22)12-16;1-11(6-7-13-8-11)14-10-4-2-9(12)3-5-10;9-3-4-12-6-1-2-7(10)8(11)5-6/h2-7,12H,8-11,13H2,1H3;2-5,13H,6-8H2,1H3;1-2,5H,3-4H2. The van der Waals surface area contributed by atoms with Gasteiger partial charge in [0.25, 0.3) is 0 Å². The average molecular weight is 882 g/mol. The minimum atomic E-state index is -0.197. The Labute approximate surface area is 339 Å². The molecule has 0 aromatic heterocycles. The molecule has 2 aliphatic rings. The highest BCUT2D eigenvalue weighted by Crippen LogP contribution is 2.30. The maximum absolute atomic E-state index is 6.17. The highest BCUT2D eigenvalue weighted by Gasteiger charge is 2.35. The van der Waals surface area contributed by atoms with Gasteiger partial charge in [0, 0.05) is 66.5 Å². The van der Waals surface area contributed by atoms with Crippen molar-refractivity contribution in [3.63, 3.8) is 0 Å². The lowest BCUT2D eigenvalue weighted by Gasteiger charge is -2.26. The molecule has 1 N–H and O–H groups in total. The average Bonchev–Trinajstić information content (AvgIpc) is 3.71. The Bertz CT molecular complexity index is 1660. The van der Waals surface area contributed by atoms with E-state index in [1.54, 1.807) is 30.3 Å². The van der Waals surface area contributed by atoms with Gasteiger partial charge < -0.3 is 24.3 Å². The zero-order chi connectivity index (χ0) is 36.9. The van der Waals surface area contributed by atoms with Crippen molar-refractivity contribution < 1.29 is 18.9 Å². The molecule has 2 aliphatic heterocycles. The van der Waals surface area contributed by atoms with Crippen LogP contribution >= 0.6 is 85.5 Å². The minimum absolute atomic E-state index is 0.0617. The van der Waals surface area contributed by atoms with Crippen LogP contribution in [0.15, 0.2) is 84.9 Å². The summed E-state index contributed by atoms with van der Waals surface area (Å²) in [5.74, 6) is 3.21. The molecular weight excluding hydrogens is 841 g/mol. The van der Waals surface area contributed by atoms with Gasteiger partial charge in [0.15, 0.2) is 0 Å². The Morgan fingerprint density at radius 1 is 0.627 bits per heavy atom. The van der Waals surface area contributed by atoms with Gasteiger partial charge in [-0.15, -0.1) is 0 Å². The molecule has 2 heterocycles. The monoisotopic (exact) mass is 878 g/mol. The topological polar surface area (TPSA) is 52.2 Å². The summed E-state index contributed by atoms with van der Waals surface area (Å²) < 4.78 is 23.1. The molecule has 0 saturated carbocycles. The first-order valence-electron chi connectivity index (χ1n) is 16.4. The van der Waals surface area contributed by atoms with Crippen LogP contribution in [-0.4, -0.2) is 67.4 Å². The number of likely N-dealkylation sites (tertiary alicyclic amines) is 1. The van der Waals surface area contributed by atoms with Crippen molar-refractivity contribution in [3.05, 3.63) is 115 Å². The van der Waals surface area contributed by atoms with Crippen molar-refractivity contribution in [2.45, 2.75) is 37.9 Å². The fourth-order valence-corrected chi connectivity index (χ4v) is 6.33. The largest absolute Gasteiger partial charge is 0.493 e. The van der Waals surface area contributed by atoms with Gasteiger partial charge in [-0.25, -0.2) is 0 Å². The molecule has 6 nitrogen and oxygen atoms in total. The summed E-state index contributed by atoms with van der Waals surface area (Å²) >= 11 is 38.4. The lowest BCUT2D eigenvalue weighted by Crippen LogP contribution is -2.37. The number of halogens is 7. The Kier molecular flexibility index (Phi) is 17.0. The van der Waals surface area contributed by atoms with Gasteiger partial charge in [-0.2, -0.15) is 0 Å². The molecule has 6 rings (SSSR count). The van der Waals surface area contributed by atoms with E-state index in [1.165, 1.54) is 0 Å². The van der Waals surface area contributed by atoms with Crippen molar-refractivity contribution in [2.75, 3.05) is 51.3 Å². The Morgan fingerprint density at radius 3 is 1.59 bits per heavy atom. The van der Waals surface area contributed by atoms with Crippen LogP contribution in [0.25, 0.3) is 0 Å². The molecule has 0 aliphatic carbocycles. The molecule has 2 atom stereocenters. The second kappa shape index (κ2) is 20.6. The van der Waals surface area contributed by atoms with E-state index in [0.29, 0.717) is 38.3 Å². The number of nitrogens with one attached hydrogen (secondary N) is 1. The zero-order valence-corrected chi connectivity index (χ0v) is 34.5. The molecular formula is C38H41BrCl6N2O4. The molecule has 2 fully saturated rings. The lowest BCUT2D eigenvalue weighted by atomic mass is 10.1. The van der Waals surface area contributed by atoms with Crippen LogP contribution in [0.4, 0.5) is 0 Å². The van der Waals surface area contributed by atoms with Crippen molar-refractivity contribution in [1.82, 2.24) is 10.2 Å². The maximum atomic E-state index is 6.17. The van der Waals surface area contributed by atoms with E-state index in [-0.39, 0.29) is 11.2 Å². The molecule has 13 heteroatoms. The normalized spacial score (nSPS) is 19.7. The predicted molar refractivity (Wildman–Crippen MR) is 217 cm³/mol. The second-order valence-electron chi connectivity index (χ2n) is 12.5. The molecule has 2 unspecified atom stereocenters. The van der Waals surface area contributed by atoms with Crippen LogP contribution in [0.1, 0.15) is 26.7 Å². The summed E-state index contributed by atoms with van der Waals surface area (Å²) in [4.78, 5) is 2.34. The molecule has 4 aromatic carbocycles. The maximum Gasteiger partial charge on any atom is 0.120 e. The van der Waals surface area contributed by atoms with Gasteiger partial charge in [-0.3, -0.25) is 4.90 Å². The van der Waals surface area contributed by atoms with Crippen LogP contribution in [-0.2, 0) is 0 Å². The molecule has 0 amide bonds. The van der Waals surface area contributed by atoms with Crippen LogP contribution in [0, 0.1) is 0 Å². The van der Waals surface area contributed by atoms with Gasteiger partial charge in [0.1, 0.15) is 40.8 Å². The first-order chi connectivity index (χ1) is 24.3. The summed E-state index contributed by atoms with van der Waals surface area (Å²) in [6.07, 6.45) is 2.03. The Morgan fingerprint density at radius 2 is 1.12 bits per heavy atom. The third kappa shape index (κ3) is 14.5. The van der Waals surface area contributed by atoms with Gasteiger partial charge in [0.05, 0.1) is 26.7 Å². The van der Waals surface area contributed by atoms with Gasteiger partial charge in [0.2, 0.25) is 0 Å². The molecule has 2 saturated heterocycles. The number of hydrogen-bond donors (Lipinski definition) is 1. The molecule has 51 heavy (non-hydrogen) atoms. The van der Waals surface area contributed by atoms with Gasteiger partial charge in [-0.1, -0.05) is 85.5 Å². The Hall–Kier alpha value is -1.78.